The van der Waals surface area contributed by atoms with Gasteiger partial charge in [-0.25, -0.2) is 0 Å². The van der Waals surface area contributed by atoms with Crippen molar-refractivity contribution in [3.05, 3.63) is 24.0 Å². The molecule has 4 heteroatoms. The first-order chi connectivity index (χ1) is 9.74. The zero-order chi connectivity index (χ0) is 13.9. The second-order valence-electron chi connectivity index (χ2n) is 6.32. The molecule has 2 fully saturated rings. The van der Waals surface area contributed by atoms with Gasteiger partial charge in [0.1, 0.15) is 0 Å². The van der Waals surface area contributed by atoms with Gasteiger partial charge in [-0.15, -0.1) is 0 Å². The number of nitrogens with zero attached hydrogens (tertiary/aromatic N) is 3. The molecule has 0 bridgehead atoms. The highest BCUT2D eigenvalue weighted by molar-refractivity contribution is 5.51. The molecule has 1 atom stereocenters. The summed E-state index contributed by atoms with van der Waals surface area (Å²) in [4.78, 5) is 9.18. The number of pyridine rings is 1. The predicted molar refractivity (Wildman–Crippen MR) is 83.0 cm³/mol. The van der Waals surface area contributed by atoms with Crippen LogP contribution in [-0.2, 0) is 6.54 Å². The molecule has 2 aliphatic rings. The summed E-state index contributed by atoms with van der Waals surface area (Å²) >= 11 is 0. The minimum Gasteiger partial charge on any atom is -0.372 e. The highest BCUT2D eigenvalue weighted by atomic mass is 15.2. The molecule has 0 amide bonds. The Morgan fingerprint density at radius 2 is 2.25 bits per heavy atom. The van der Waals surface area contributed by atoms with E-state index in [9.17, 15) is 0 Å². The van der Waals surface area contributed by atoms with Gasteiger partial charge < -0.3 is 15.1 Å². The van der Waals surface area contributed by atoms with Crippen molar-refractivity contribution in [1.29, 1.82) is 0 Å². The zero-order valence-corrected chi connectivity index (χ0v) is 12.7. The lowest BCUT2D eigenvalue weighted by Gasteiger charge is -2.28. The molecule has 1 aromatic rings. The van der Waals surface area contributed by atoms with Crippen LogP contribution >= 0.6 is 0 Å². The Hall–Kier alpha value is -1.13. The first-order valence-corrected chi connectivity index (χ1v) is 7.81. The summed E-state index contributed by atoms with van der Waals surface area (Å²) in [6, 6.07) is 3.59. The monoisotopic (exact) mass is 274 g/mol. The first kappa shape index (κ1) is 13.8. The molecule has 1 unspecified atom stereocenters. The number of rotatable bonds is 6. The van der Waals surface area contributed by atoms with Gasteiger partial charge in [0.25, 0.3) is 0 Å². The van der Waals surface area contributed by atoms with E-state index in [1.807, 2.05) is 12.4 Å². The Kier molecular flexibility index (Phi) is 4.22. The third-order valence-electron chi connectivity index (χ3n) is 4.61. The van der Waals surface area contributed by atoms with E-state index in [1.54, 1.807) is 0 Å². The SMILES string of the molecule is CN(CC1CCCN1C)c1cnccc1CNC1CC1. The van der Waals surface area contributed by atoms with Crippen molar-refractivity contribution < 1.29 is 0 Å². The molecule has 3 rings (SSSR count). The van der Waals surface area contributed by atoms with E-state index in [4.69, 9.17) is 0 Å². The molecule has 1 saturated heterocycles. The van der Waals surface area contributed by atoms with Crippen molar-refractivity contribution in [3.63, 3.8) is 0 Å². The molecule has 110 valence electrons. The standard InChI is InChI=1S/C16H26N4/c1-19-9-3-4-15(19)12-20(2)16-11-17-8-7-13(16)10-18-14-5-6-14/h7-8,11,14-15,18H,3-6,9-10,12H2,1-2H3. The molecule has 1 aromatic heterocycles. The van der Waals surface area contributed by atoms with Crippen LogP contribution in [0.3, 0.4) is 0 Å². The molecule has 0 radical (unpaired) electrons. The van der Waals surface area contributed by atoms with Crippen LogP contribution in [0.25, 0.3) is 0 Å². The van der Waals surface area contributed by atoms with Gasteiger partial charge in [0.2, 0.25) is 0 Å². The minimum absolute atomic E-state index is 0.685. The maximum Gasteiger partial charge on any atom is 0.0596 e. The molecule has 2 heterocycles. The van der Waals surface area contributed by atoms with E-state index in [0.717, 1.165) is 19.1 Å². The second kappa shape index (κ2) is 6.10. The van der Waals surface area contributed by atoms with Crippen molar-refractivity contribution in [2.75, 3.05) is 32.1 Å². The average molecular weight is 274 g/mol. The molecule has 4 nitrogen and oxygen atoms in total. The third-order valence-corrected chi connectivity index (χ3v) is 4.61. The van der Waals surface area contributed by atoms with Crippen LogP contribution in [-0.4, -0.2) is 49.2 Å². The third kappa shape index (κ3) is 3.30. The van der Waals surface area contributed by atoms with Crippen LogP contribution in [0, 0.1) is 0 Å². The first-order valence-electron chi connectivity index (χ1n) is 7.81. The van der Waals surface area contributed by atoms with Gasteiger partial charge in [0.05, 0.1) is 11.9 Å². The summed E-state index contributed by atoms with van der Waals surface area (Å²) in [5.74, 6) is 0. The number of hydrogen-bond acceptors (Lipinski definition) is 4. The minimum atomic E-state index is 0.685. The predicted octanol–water partition coefficient (Wildman–Crippen LogP) is 1.86. The van der Waals surface area contributed by atoms with Gasteiger partial charge in [-0.1, -0.05) is 0 Å². The summed E-state index contributed by atoms with van der Waals surface area (Å²) < 4.78 is 0. The van der Waals surface area contributed by atoms with Crippen LogP contribution in [0.1, 0.15) is 31.2 Å². The lowest BCUT2D eigenvalue weighted by molar-refractivity contribution is 0.314. The summed E-state index contributed by atoms with van der Waals surface area (Å²) in [7, 11) is 4.44. The number of likely N-dealkylation sites (N-methyl/N-ethyl adjacent to an activating group) is 2. The lowest BCUT2D eigenvalue weighted by atomic mass is 10.1. The van der Waals surface area contributed by atoms with Gasteiger partial charge in [-0.3, -0.25) is 4.98 Å². The highest BCUT2D eigenvalue weighted by Gasteiger charge is 2.24. The summed E-state index contributed by atoms with van der Waals surface area (Å²) in [5, 5.41) is 3.61. The van der Waals surface area contributed by atoms with Crippen molar-refractivity contribution in [2.24, 2.45) is 0 Å². The maximum absolute atomic E-state index is 4.32. The topological polar surface area (TPSA) is 31.4 Å². The van der Waals surface area contributed by atoms with Gasteiger partial charge >= 0.3 is 0 Å². The quantitative estimate of drug-likeness (QED) is 0.858. The van der Waals surface area contributed by atoms with Gasteiger partial charge in [0, 0.05) is 38.4 Å². The van der Waals surface area contributed by atoms with Crippen molar-refractivity contribution >= 4 is 5.69 Å². The fourth-order valence-electron chi connectivity index (χ4n) is 3.07. The molecule has 20 heavy (non-hydrogen) atoms. The molecular formula is C16H26N4. The van der Waals surface area contributed by atoms with Crippen LogP contribution in [0.2, 0.25) is 0 Å². The van der Waals surface area contributed by atoms with Gasteiger partial charge in [0.15, 0.2) is 0 Å². The van der Waals surface area contributed by atoms with E-state index in [-0.39, 0.29) is 0 Å². The summed E-state index contributed by atoms with van der Waals surface area (Å²) in [6.07, 6.45) is 9.24. The van der Waals surface area contributed by atoms with Crippen LogP contribution in [0.4, 0.5) is 5.69 Å². The smallest absolute Gasteiger partial charge is 0.0596 e. The zero-order valence-electron chi connectivity index (χ0n) is 12.7. The Morgan fingerprint density at radius 1 is 1.40 bits per heavy atom. The van der Waals surface area contributed by atoms with Crippen LogP contribution < -0.4 is 10.2 Å². The van der Waals surface area contributed by atoms with Crippen molar-refractivity contribution in [2.45, 2.75) is 44.3 Å². The molecule has 1 aliphatic carbocycles. The number of hydrogen-bond donors (Lipinski definition) is 1. The van der Waals surface area contributed by atoms with E-state index < -0.39 is 0 Å². The molecule has 0 aromatic carbocycles. The van der Waals surface area contributed by atoms with E-state index in [1.165, 1.54) is 43.5 Å². The number of nitrogens with one attached hydrogen (secondary N) is 1. The fraction of sp³-hybridized carbons (Fsp3) is 0.688. The van der Waals surface area contributed by atoms with Crippen LogP contribution in [0.15, 0.2) is 18.5 Å². The average Bonchev–Trinajstić information content (AvgIpc) is 3.21. The molecule has 0 spiro atoms. The van der Waals surface area contributed by atoms with Gasteiger partial charge in [-0.2, -0.15) is 0 Å². The van der Waals surface area contributed by atoms with Crippen LogP contribution in [0.5, 0.6) is 0 Å². The van der Waals surface area contributed by atoms with E-state index in [2.05, 4.69) is 40.3 Å². The Bertz CT molecular complexity index is 444. The number of aromatic nitrogens is 1. The number of likely N-dealkylation sites (tertiary alicyclic amines) is 1. The normalized spacial score (nSPS) is 23.2. The Balaban J connectivity index is 1.64. The molecular weight excluding hydrogens is 248 g/mol. The van der Waals surface area contributed by atoms with Crippen molar-refractivity contribution in [1.82, 2.24) is 15.2 Å². The molecule has 1 saturated carbocycles. The fourth-order valence-corrected chi connectivity index (χ4v) is 3.07. The highest BCUT2D eigenvalue weighted by Crippen LogP contribution is 2.24. The van der Waals surface area contributed by atoms with Gasteiger partial charge in [-0.05, 0) is 50.9 Å². The van der Waals surface area contributed by atoms with E-state index >= 15 is 0 Å². The van der Waals surface area contributed by atoms with Crippen molar-refractivity contribution in [3.8, 4) is 0 Å². The molecule has 1 aliphatic heterocycles. The Morgan fingerprint density at radius 3 is 2.95 bits per heavy atom. The summed E-state index contributed by atoms with van der Waals surface area (Å²) in [5.41, 5.74) is 2.65. The lowest BCUT2D eigenvalue weighted by Crippen LogP contribution is -2.37. The Labute approximate surface area is 122 Å². The molecule has 1 N–H and O–H groups in total. The maximum atomic E-state index is 4.32. The second-order valence-corrected chi connectivity index (χ2v) is 6.32. The number of anilines is 1. The van der Waals surface area contributed by atoms with E-state index in [0.29, 0.717) is 6.04 Å². The largest absolute Gasteiger partial charge is 0.372 e. The summed E-state index contributed by atoms with van der Waals surface area (Å²) in [6.45, 7) is 3.30.